The molecule has 1 aliphatic carbocycles. The highest BCUT2D eigenvalue weighted by Gasteiger charge is 2.50. The lowest BCUT2D eigenvalue weighted by Gasteiger charge is -2.26. The Morgan fingerprint density at radius 3 is 2.84 bits per heavy atom. The van der Waals surface area contributed by atoms with E-state index in [1.165, 1.54) is 28.6 Å². The van der Waals surface area contributed by atoms with Crippen molar-refractivity contribution in [3.63, 3.8) is 0 Å². The van der Waals surface area contributed by atoms with Crippen molar-refractivity contribution < 1.29 is 13.3 Å². The molecule has 0 bridgehead atoms. The summed E-state index contributed by atoms with van der Waals surface area (Å²) >= 11 is 0. The SMILES string of the molecule is O=[N+]([O-])c1ccccc1S(=O)(=O)N1CCNC2CC21. The van der Waals surface area contributed by atoms with Gasteiger partial charge in [-0.1, -0.05) is 12.1 Å². The summed E-state index contributed by atoms with van der Waals surface area (Å²) in [6.45, 7) is 0.941. The zero-order chi connectivity index (χ0) is 13.6. The first-order chi connectivity index (χ1) is 9.01. The van der Waals surface area contributed by atoms with Gasteiger partial charge in [0.05, 0.1) is 4.92 Å². The number of nitrogens with zero attached hydrogens (tertiary/aromatic N) is 2. The fourth-order valence-corrected chi connectivity index (χ4v) is 4.33. The van der Waals surface area contributed by atoms with Crippen LogP contribution in [-0.4, -0.2) is 42.8 Å². The van der Waals surface area contributed by atoms with E-state index in [4.69, 9.17) is 0 Å². The average molecular weight is 283 g/mol. The lowest BCUT2D eigenvalue weighted by Crippen LogP contribution is -2.46. The Hall–Kier alpha value is -1.51. The van der Waals surface area contributed by atoms with Gasteiger partial charge in [0, 0.05) is 31.2 Å². The molecule has 1 saturated carbocycles. The van der Waals surface area contributed by atoms with Crippen molar-refractivity contribution >= 4 is 15.7 Å². The second-order valence-corrected chi connectivity index (χ2v) is 6.56. The number of benzene rings is 1. The van der Waals surface area contributed by atoms with Crippen molar-refractivity contribution in [3.8, 4) is 0 Å². The Kier molecular flexibility index (Phi) is 2.80. The number of nitro groups is 1. The van der Waals surface area contributed by atoms with Crippen LogP contribution in [0.5, 0.6) is 0 Å². The summed E-state index contributed by atoms with van der Waals surface area (Å²) in [6.07, 6.45) is 0.778. The van der Waals surface area contributed by atoms with Crippen molar-refractivity contribution in [3.05, 3.63) is 34.4 Å². The fourth-order valence-electron chi connectivity index (χ4n) is 2.50. The predicted octanol–water partition coefficient (Wildman–Crippen LogP) is 0.330. The Morgan fingerprint density at radius 2 is 2.11 bits per heavy atom. The van der Waals surface area contributed by atoms with Gasteiger partial charge in [0.15, 0.2) is 4.90 Å². The molecule has 0 spiro atoms. The minimum Gasteiger partial charge on any atom is -0.311 e. The number of piperazine rings is 1. The lowest BCUT2D eigenvalue weighted by molar-refractivity contribution is -0.387. The smallest absolute Gasteiger partial charge is 0.289 e. The van der Waals surface area contributed by atoms with E-state index in [0.29, 0.717) is 13.1 Å². The van der Waals surface area contributed by atoms with Crippen LogP contribution in [0.2, 0.25) is 0 Å². The Morgan fingerprint density at radius 1 is 1.37 bits per heavy atom. The number of rotatable bonds is 3. The highest BCUT2D eigenvalue weighted by atomic mass is 32.2. The number of hydrogen-bond donors (Lipinski definition) is 1. The fraction of sp³-hybridized carbons (Fsp3) is 0.455. The number of sulfonamides is 1. The quantitative estimate of drug-likeness (QED) is 0.637. The average Bonchev–Trinajstić information content (AvgIpc) is 3.17. The molecule has 0 amide bonds. The van der Waals surface area contributed by atoms with Crippen molar-refractivity contribution in [2.45, 2.75) is 23.4 Å². The van der Waals surface area contributed by atoms with E-state index in [-0.39, 0.29) is 22.7 Å². The highest BCUT2D eigenvalue weighted by molar-refractivity contribution is 7.89. The van der Waals surface area contributed by atoms with Crippen LogP contribution in [0.3, 0.4) is 0 Å². The number of nitrogens with one attached hydrogen (secondary N) is 1. The summed E-state index contributed by atoms with van der Waals surface area (Å²) < 4.78 is 26.5. The summed E-state index contributed by atoms with van der Waals surface area (Å²) in [6, 6.07) is 5.64. The van der Waals surface area contributed by atoms with Gasteiger partial charge >= 0.3 is 0 Å². The van der Waals surface area contributed by atoms with Gasteiger partial charge < -0.3 is 5.32 Å². The van der Waals surface area contributed by atoms with Gasteiger partial charge in [0.25, 0.3) is 5.69 Å². The van der Waals surface area contributed by atoms with Crippen LogP contribution < -0.4 is 5.32 Å². The summed E-state index contributed by atoms with van der Waals surface area (Å²) in [4.78, 5) is 10.1. The Bertz CT molecular complexity index is 631. The number of nitro benzene ring substituents is 1. The molecule has 1 aliphatic heterocycles. The summed E-state index contributed by atoms with van der Waals surface area (Å²) in [7, 11) is -3.79. The van der Waals surface area contributed by atoms with Crippen molar-refractivity contribution in [2.75, 3.05) is 13.1 Å². The molecule has 1 aromatic carbocycles. The van der Waals surface area contributed by atoms with Crippen LogP contribution in [0.25, 0.3) is 0 Å². The van der Waals surface area contributed by atoms with Gasteiger partial charge in [-0.2, -0.15) is 4.31 Å². The second kappa shape index (κ2) is 4.26. The number of fused-ring (bicyclic) bond motifs is 1. The van der Waals surface area contributed by atoms with Gasteiger partial charge in [-0.05, 0) is 12.5 Å². The van der Waals surface area contributed by atoms with E-state index in [0.717, 1.165) is 6.42 Å². The largest absolute Gasteiger partial charge is 0.311 e. The molecule has 0 radical (unpaired) electrons. The van der Waals surface area contributed by atoms with E-state index in [2.05, 4.69) is 5.32 Å². The first-order valence-corrected chi connectivity index (χ1v) is 7.44. The van der Waals surface area contributed by atoms with Crippen LogP contribution in [0.15, 0.2) is 29.2 Å². The van der Waals surface area contributed by atoms with Gasteiger partial charge in [-0.15, -0.1) is 0 Å². The molecule has 2 atom stereocenters. The minimum atomic E-state index is -3.79. The molecule has 102 valence electrons. The molecule has 1 aromatic rings. The third-order valence-electron chi connectivity index (χ3n) is 3.51. The monoisotopic (exact) mass is 283 g/mol. The molecule has 1 saturated heterocycles. The first kappa shape index (κ1) is 12.5. The third kappa shape index (κ3) is 2.01. The van der Waals surface area contributed by atoms with Crippen LogP contribution in [0.1, 0.15) is 6.42 Å². The standard InChI is InChI=1S/C11H13N3O4S/c15-14(16)9-3-1-2-4-11(9)19(17,18)13-6-5-12-8-7-10(8)13/h1-4,8,10,12H,5-7H2. The maximum absolute atomic E-state index is 12.5. The Labute approximate surface area is 110 Å². The van der Waals surface area contributed by atoms with Crippen molar-refractivity contribution in [1.82, 2.24) is 9.62 Å². The summed E-state index contributed by atoms with van der Waals surface area (Å²) in [5.74, 6) is 0. The van der Waals surface area contributed by atoms with E-state index >= 15 is 0 Å². The molecule has 7 nitrogen and oxygen atoms in total. The minimum absolute atomic E-state index is 0.0569. The molecule has 0 aromatic heterocycles. The Balaban J connectivity index is 2.03. The van der Waals surface area contributed by atoms with Crippen LogP contribution >= 0.6 is 0 Å². The van der Waals surface area contributed by atoms with Gasteiger partial charge in [0.1, 0.15) is 0 Å². The molecular weight excluding hydrogens is 270 g/mol. The van der Waals surface area contributed by atoms with E-state index in [9.17, 15) is 18.5 Å². The maximum Gasteiger partial charge on any atom is 0.289 e. The third-order valence-corrected chi connectivity index (χ3v) is 5.49. The predicted molar refractivity (Wildman–Crippen MR) is 67.2 cm³/mol. The molecule has 8 heteroatoms. The molecule has 1 heterocycles. The van der Waals surface area contributed by atoms with Crippen LogP contribution in [0.4, 0.5) is 5.69 Å². The molecular formula is C11H13N3O4S. The van der Waals surface area contributed by atoms with E-state index in [1.54, 1.807) is 0 Å². The summed E-state index contributed by atoms with van der Waals surface area (Å²) in [5.41, 5.74) is -0.363. The lowest BCUT2D eigenvalue weighted by atomic mass is 10.3. The van der Waals surface area contributed by atoms with Crippen molar-refractivity contribution in [2.24, 2.45) is 0 Å². The number of para-hydroxylation sites is 1. The molecule has 2 fully saturated rings. The topological polar surface area (TPSA) is 92.5 Å². The van der Waals surface area contributed by atoms with E-state index in [1.807, 2.05) is 0 Å². The molecule has 3 rings (SSSR count). The molecule has 2 unspecified atom stereocenters. The molecule has 19 heavy (non-hydrogen) atoms. The first-order valence-electron chi connectivity index (χ1n) is 6.00. The van der Waals surface area contributed by atoms with Crippen molar-refractivity contribution in [1.29, 1.82) is 0 Å². The maximum atomic E-state index is 12.5. The zero-order valence-corrected chi connectivity index (χ0v) is 10.8. The highest BCUT2D eigenvalue weighted by Crippen LogP contribution is 2.36. The molecule has 2 aliphatic rings. The van der Waals surface area contributed by atoms with Gasteiger partial charge in [-0.3, -0.25) is 10.1 Å². The number of hydrogen-bond acceptors (Lipinski definition) is 5. The molecule has 1 N–H and O–H groups in total. The van der Waals surface area contributed by atoms with Gasteiger partial charge in [0.2, 0.25) is 10.0 Å². The second-order valence-electron chi connectivity index (χ2n) is 4.70. The van der Waals surface area contributed by atoms with E-state index < -0.39 is 14.9 Å². The normalized spacial score (nSPS) is 26.7. The van der Waals surface area contributed by atoms with Gasteiger partial charge in [-0.25, -0.2) is 8.42 Å². The van der Waals surface area contributed by atoms with Crippen LogP contribution in [0, 0.1) is 10.1 Å². The van der Waals surface area contributed by atoms with Crippen LogP contribution in [-0.2, 0) is 10.0 Å². The summed E-state index contributed by atoms with van der Waals surface area (Å²) in [5, 5.41) is 14.2. The zero-order valence-electron chi connectivity index (χ0n) is 10.0.